The van der Waals surface area contributed by atoms with Crippen LogP contribution in [0.2, 0.25) is 0 Å². The highest BCUT2D eigenvalue weighted by molar-refractivity contribution is 5.59. The maximum Gasteiger partial charge on any atom is 0.203 e. The number of anilines is 2. The molecule has 0 saturated heterocycles. The van der Waals surface area contributed by atoms with Crippen LogP contribution in [0, 0.1) is 0 Å². The van der Waals surface area contributed by atoms with E-state index in [1.807, 2.05) is 33.8 Å². The molecule has 0 bridgehead atoms. The third-order valence-electron chi connectivity index (χ3n) is 3.93. The molecule has 1 N–H and O–H groups in total. The lowest BCUT2D eigenvalue weighted by Gasteiger charge is -2.14. The van der Waals surface area contributed by atoms with Crippen molar-refractivity contribution in [2.45, 2.75) is 19.9 Å². The van der Waals surface area contributed by atoms with E-state index in [2.05, 4.69) is 29.2 Å². The topological polar surface area (TPSA) is 75.4 Å². The maximum atomic E-state index is 5.40. The van der Waals surface area contributed by atoms with Crippen LogP contribution in [0.25, 0.3) is 5.69 Å². The van der Waals surface area contributed by atoms with E-state index in [1.165, 1.54) is 0 Å². The van der Waals surface area contributed by atoms with E-state index in [4.69, 9.17) is 14.2 Å². The van der Waals surface area contributed by atoms with Gasteiger partial charge in [-0.2, -0.15) is 5.10 Å². The summed E-state index contributed by atoms with van der Waals surface area (Å²) < 4.78 is 19.9. The van der Waals surface area contributed by atoms with Crippen LogP contribution in [0.5, 0.6) is 17.2 Å². The van der Waals surface area contributed by atoms with E-state index in [0.29, 0.717) is 29.1 Å². The Kier molecular flexibility index (Phi) is 5.01. The van der Waals surface area contributed by atoms with Gasteiger partial charge in [-0.05, 0) is 13.8 Å². The third kappa shape index (κ3) is 3.44. The van der Waals surface area contributed by atoms with Crippen LogP contribution < -0.4 is 19.5 Å². The Morgan fingerprint density at radius 3 is 2.23 bits per heavy atom. The van der Waals surface area contributed by atoms with Crippen LogP contribution in [-0.2, 0) is 0 Å². The van der Waals surface area contributed by atoms with Crippen molar-refractivity contribution in [3.63, 3.8) is 0 Å². The molecule has 0 unspecified atom stereocenters. The summed E-state index contributed by atoms with van der Waals surface area (Å²) in [5.41, 5.74) is 1.73. The molecule has 138 valence electrons. The van der Waals surface area contributed by atoms with Gasteiger partial charge in [0.2, 0.25) is 5.75 Å². The molecule has 2 aromatic heterocycles. The van der Waals surface area contributed by atoms with Crippen LogP contribution in [0.3, 0.4) is 0 Å². The first-order chi connectivity index (χ1) is 12.5. The smallest absolute Gasteiger partial charge is 0.203 e. The molecular formula is C18H23N5O3. The first-order valence-electron chi connectivity index (χ1n) is 8.21. The van der Waals surface area contributed by atoms with E-state index in [1.54, 1.807) is 33.9 Å². The molecule has 1 aromatic carbocycles. The second-order valence-corrected chi connectivity index (χ2v) is 5.98. The summed E-state index contributed by atoms with van der Waals surface area (Å²) in [6.07, 6.45) is 7.32. The molecule has 0 radical (unpaired) electrons. The van der Waals surface area contributed by atoms with Gasteiger partial charge in [0.25, 0.3) is 0 Å². The summed E-state index contributed by atoms with van der Waals surface area (Å²) in [6, 6.07) is 4.04. The lowest BCUT2D eigenvalue weighted by molar-refractivity contribution is 0.324. The van der Waals surface area contributed by atoms with Crippen molar-refractivity contribution >= 4 is 11.5 Å². The molecule has 0 aliphatic heterocycles. The van der Waals surface area contributed by atoms with Gasteiger partial charge in [0.15, 0.2) is 11.5 Å². The maximum absolute atomic E-state index is 5.40. The molecule has 8 heteroatoms. The Hall–Kier alpha value is -3.16. The van der Waals surface area contributed by atoms with Crippen molar-refractivity contribution in [3.05, 3.63) is 37.1 Å². The van der Waals surface area contributed by atoms with Crippen LogP contribution in [0.1, 0.15) is 19.9 Å². The standard InChI is InChI=1S/C18H23N5O3/c1-12(2)23-9-13(8-20-23)21-17-10-22(11-19-17)14-6-15(24-3)18(26-5)16(7-14)25-4/h6-12,21H,1-5H3. The van der Waals surface area contributed by atoms with Crippen LogP contribution >= 0.6 is 0 Å². The minimum absolute atomic E-state index is 0.308. The van der Waals surface area contributed by atoms with Gasteiger partial charge in [-0.1, -0.05) is 0 Å². The Morgan fingerprint density at radius 2 is 1.69 bits per heavy atom. The molecule has 3 rings (SSSR count). The van der Waals surface area contributed by atoms with Crippen molar-refractivity contribution in [1.29, 1.82) is 0 Å². The molecule has 0 saturated carbocycles. The zero-order valence-corrected chi connectivity index (χ0v) is 15.6. The van der Waals surface area contributed by atoms with Crippen LogP contribution in [-0.4, -0.2) is 40.7 Å². The van der Waals surface area contributed by atoms with Gasteiger partial charge in [-0.3, -0.25) is 4.68 Å². The Morgan fingerprint density at radius 1 is 1.00 bits per heavy atom. The second-order valence-electron chi connectivity index (χ2n) is 5.98. The van der Waals surface area contributed by atoms with Crippen LogP contribution in [0.15, 0.2) is 37.1 Å². The number of methoxy groups -OCH3 is 3. The van der Waals surface area contributed by atoms with Gasteiger partial charge >= 0.3 is 0 Å². The molecule has 0 fully saturated rings. The molecule has 0 atom stereocenters. The largest absolute Gasteiger partial charge is 0.493 e. The van der Waals surface area contributed by atoms with Gasteiger partial charge in [-0.25, -0.2) is 4.98 Å². The van der Waals surface area contributed by atoms with Gasteiger partial charge in [-0.15, -0.1) is 0 Å². The number of nitrogens with one attached hydrogen (secondary N) is 1. The quantitative estimate of drug-likeness (QED) is 0.698. The summed E-state index contributed by atoms with van der Waals surface area (Å²) in [5, 5.41) is 7.56. The highest BCUT2D eigenvalue weighted by atomic mass is 16.5. The average molecular weight is 357 g/mol. The van der Waals surface area contributed by atoms with Gasteiger partial charge in [0, 0.05) is 24.4 Å². The van der Waals surface area contributed by atoms with E-state index >= 15 is 0 Å². The summed E-state index contributed by atoms with van der Waals surface area (Å²) in [7, 11) is 4.76. The van der Waals surface area contributed by atoms with Gasteiger partial charge in [0.05, 0.1) is 45.1 Å². The first kappa shape index (κ1) is 17.7. The Balaban J connectivity index is 1.87. The molecule has 3 aromatic rings. The van der Waals surface area contributed by atoms with Crippen molar-refractivity contribution in [1.82, 2.24) is 19.3 Å². The molecule has 0 aliphatic carbocycles. The number of aromatic nitrogens is 4. The molecule has 0 spiro atoms. The van der Waals surface area contributed by atoms with Crippen LogP contribution in [0.4, 0.5) is 11.5 Å². The minimum atomic E-state index is 0.308. The lowest BCUT2D eigenvalue weighted by Crippen LogP contribution is -2.00. The summed E-state index contributed by atoms with van der Waals surface area (Å²) >= 11 is 0. The Labute approximate surface area is 152 Å². The van der Waals surface area contributed by atoms with Crippen molar-refractivity contribution in [3.8, 4) is 22.9 Å². The number of hydrogen-bond acceptors (Lipinski definition) is 6. The second kappa shape index (κ2) is 7.38. The monoisotopic (exact) mass is 357 g/mol. The fraction of sp³-hybridized carbons (Fsp3) is 0.333. The van der Waals surface area contributed by atoms with E-state index in [9.17, 15) is 0 Å². The highest BCUT2D eigenvalue weighted by Crippen LogP contribution is 2.39. The number of hydrogen-bond donors (Lipinski definition) is 1. The summed E-state index contributed by atoms with van der Waals surface area (Å²) in [4.78, 5) is 4.40. The fourth-order valence-corrected chi connectivity index (χ4v) is 2.58. The zero-order valence-electron chi connectivity index (χ0n) is 15.6. The van der Waals surface area contributed by atoms with Gasteiger partial charge < -0.3 is 24.1 Å². The average Bonchev–Trinajstić information content (AvgIpc) is 3.30. The molecule has 0 amide bonds. The minimum Gasteiger partial charge on any atom is -0.493 e. The molecular weight excluding hydrogens is 334 g/mol. The predicted octanol–water partition coefficient (Wildman–Crippen LogP) is 3.42. The molecule has 26 heavy (non-hydrogen) atoms. The first-order valence-corrected chi connectivity index (χ1v) is 8.21. The summed E-state index contributed by atoms with van der Waals surface area (Å²) in [5.74, 6) is 2.44. The molecule has 0 aliphatic rings. The Bertz CT molecular complexity index is 860. The zero-order chi connectivity index (χ0) is 18.7. The lowest BCUT2D eigenvalue weighted by atomic mass is 10.2. The number of nitrogens with zero attached hydrogens (tertiary/aromatic N) is 4. The number of benzene rings is 1. The summed E-state index contributed by atoms with van der Waals surface area (Å²) in [6.45, 7) is 4.16. The SMILES string of the molecule is COc1cc(-n2cnc(Nc3cnn(C(C)C)c3)c2)cc(OC)c1OC. The third-order valence-corrected chi connectivity index (χ3v) is 3.93. The predicted molar refractivity (Wildman–Crippen MR) is 99.1 cm³/mol. The van der Waals surface area contributed by atoms with Crippen molar-refractivity contribution in [2.24, 2.45) is 0 Å². The van der Waals surface area contributed by atoms with Crippen molar-refractivity contribution in [2.75, 3.05) is 26.6 Å². The van der Waals surface area contributed by atoms with Gasteiger partial charge in [0.1, 0.15) is 12.1 Å². The molecule has 8 nitrogen and oxygen atoms in total. The fourth-order valence-electron chi connectivity index (χ4n) is 2.58. The van der Waals surface area contributed by atoms with E-state index in [-0.39, 0.29) is 0 Å². The van der Waals surface area contributed by atoms with E-state index in [0.717, 1.165) is 11.4 Å². The number of imidazole rings is 1. The van der Waals surface area contributed by atoms with Crippen molar-refractivity contribution < 1.29 is 14.2 Å². The van der Waals surface area contributed by atoms with E-state index < -0.39 is 0 Å². The highest BCUT2D eigenvalue weighted by Gasteiger charge is 2.14. The number of rotatable bonds is 7. The molecule has 2 heterocycles. The normalized spacial score (nSPS) is 10.8. The number of ether oxygens (including phenoxy) is 3.